The molecule has 1 saturated heterocycles. The number of carbonyl (C=O) groups is 1. The van der Waals surface area contributed by atoms with E-state index in [9.17, 15) is 4.79 Å². The maximum atomic E-state index is 11.9. The smallest absolute Gasteiger partial charge is 0.240 e. The van der Waals surface area contributed by atoms with E-state index in [-0.39, 0.29) is 11.9 Å². The Morgan fingerprint density at radius 3 is 2.67 bits per heavy atom. The van der Waals surface area contributed by atoms with Crippen molar-refractivity contribution in [2.24, 2.45) is 5.73 Å². The van der Waals surface area contributed by atoms with Gasteiger partial charge in [0.05, 0.1) is 5.54 Å². The lowest BCUT2D eigenvalue weighted by molar-refractivity contribution is -0.130. The van der Waals surface area contributed by atoms with Gasteiger partial charge in [-0.2, -0.15) is 0 Å². The maximum absolute atomic E-state index is 11.9. The molecule has 4 nitrogen and oxygen atoms in total. The van der Waals surface area contributed by atoms with Crippen LogP contribution in [0.5, 0.6) is 0 Å². The van der Waals surface area contributed by atoms with Gasteiger partial charge in [-0.25, -0.2) is 0 Å². The lowest BCUT2D eigenvalue weighted by atomic mass is 9.90. The van der Waals surface area contributed by atoms with E-state index in [0.717, 1.165) is 12.8 Å². The van der Waals surface area contributed by atoms with Crippen LogP contribution < -0.4 is 11.1 Å². The number of nitrogens with one attached hydrogen (secondary N) is 1. The molecule has 1 unspecified atom stereocenters. The van der Waals surface area contributed by atoms with Crippen molar-refractivity contribution in [3.63, 3.8) is 0 Å². The predicted octanol–water partition coefficient (Wildman–Crippen LogP) is 0.799. The van der Waals surface area contributed by atoms with E-state index in [1.165, 1.54) is 0 Å². The summed E-state index contributed by atoms with van der Waals surface area (Å²) in [7, 11) is 0. The highest BCUT2D eigenvalue weighted by Crippen LogP contribution is 2.18. The molecule has 0 aromatic rings. The normalized spacial score (nSPS) is 22.1. The van der Waals surface area contributed by atoms with Crippen LogP contribution in [-0.2, 0) is 9.53 Å². The first-order valence-corrected chi connectivity index (χ1v) is 5.76. The van der Waals surface area contributed by atoms with Crippen molar-refractivity contribution in [1.29, 1.82) is 0 Å². The summed E-state index contributed by atoms with van der Waals surface area (Å²) in [6, 6.07) is 0.214. The third kappa shape index (κ3) is 3.47. The van der Waals surface area contributed by atoms with E-state index in [1.807, 2.05) is 6.92 Å². The molecule has 3 N–H and O–H groups in total. The SMILES string of the molecule is CCCC(C)NC(=O)C1(N)CCOCC1. The van der Waals surface area contributed by atoms with Gasteiger partial charge in [-0.3, -0.25) is 4.79 Å². The highest BCUT2D eigenvalue weighted by Gasteiger charge is 2.36. The minimum atomic E-state index is -0.708. The Morgan fingerprint density at radius 2 is 2.13 bits per heavy atom. The van der Waals surface area contributed by atoms with Gasteiger partial charge < -0.3 is 15.8 Å². The second kappa shape index (κ2) is 5.47. The first-order valence-electron chi connectivity index (χ1n) is 5.76. The van der Waals surface area contributed by atoms with Crippen molar-refractivity contribution in [2.75, 3.05) is 13.2 Å². The Bertz CT molecular complexity index is 213. The molecule has 0 spiro atoms. The van der Waals surface area contributed by atoms with Gasteiger partial charge in [0, 0.05) is 19.3 Å². The third-order valence-corrected chi connectivity index (χ3v) is 2.94. The van der Waals surface area contributed by atoms with Crippen LogP contribution in [0.2, 0.25) is 0 Å². The van der Waals surface area contributed by atoms with E-state index in [4.69, 9.17) is 10.5 Å². The number of rotatable bonds is 4. The second-order valence-corrected chi connectivity index (χ2v) is 4.43. The van der Waals surface area contributed by atoms with Crippen LogP contribution in [0.1, 0.15) is 39.5 Å². The molecule has 1 atom stereocenters. The van der Waals surface area contributed by atoms with E-state index in [1.54, 1.807) is 0 Å². The molecule has 15 heavy (non-hydrogen) atoms. The summed E-state index contributed by atoms with van der Waals surface area (Å²) < 4.78 is 5.21. The Morgan fingerprint density at radius 1 is 1.53 bits per heavy atom. The van der Waals surface area contributed by atoms with Crippen LogP contribution in [0.3, 0.4) is 0 Å². The van der Waals surface area contributed by atoms with Gasteiger partial charge >= 0.3 is 0 Å². The van der Waals surface area contributed by atoms with Crippen molar-refractivity contribution >= 4 is 5.91 Å². The van der Waals surface area contributed by atoms with Crippen molar-refractivity contribution in [3.05, 3.63) is 0 Å². The third-order valence-electron chi connectivity index (χ3n) is 2.94. The Kier molecular flexibility index (Phi) is 4.54. The van der Waals surface area contributed by atoms with Crippen LogP contribution in [-0.4, -0.2) is 30.7 Å². The fourth-order valence-electron chi connectivity index (χ4n) is 1.84. The standard InChI is InChI=1S/C11H22N2O2/c1-3-4-9(2)13-10(14)11(12)5-7-15-8-6-11/h9H,3-8,12H2,1-2H3,(H,13,14). The summed E-state index contributed by atoms with van der Waals surface area (Å²) in [5.41, 5.74) is 5.35. The first kappa shape index (κ1) is 12.5. The van der Waals surface area contributed by atoms with Crippen molar-refractivity contribution in [1.82, 2.24) is 5.32 Å². The molecule has 1 heterocycles. The van der Waals surface area contributed by atoms with Gasteiger partial charge in [-0.15, -0.1) is 0 Å². The fourth-order valence-corrected chi connectivity index (χ4v) is 1.84. The highest BCUT2D eigenvalue weighted by molar-refractivity contribution is 5.86. The van der Waals surface area contributed by atoms with Crippen LogP contribution in [0.15, 0.2) is 0 Å². The summed E-state index contributed by atoms with van der Waals surface area (Å²) >= 11 is 0. The van der Waals surface area contributed by atoms with Gasteiger partial charge in [0.15, 0.2) is 0 Å². The molecule has 0 aromatic carbocycles. The molecule has 1 amide bonds. The number of hydrogen-bond donors (Lipinski definition) is 2. The van der Waals surface area contributed by atoms with Crippen LogP contribution >= 0.6 is 0 Å². The highest BCUT2D eigenvalue weighted by atomic mass is 16.5. The molecule has 1 fully saturated rings. The number of hydrogen-bond acceptors (Lipinski definition) is 3. The van der Waals surface area contributed by atoms with Crippen LogP contribution in [0, 0.1) is 0 Å². The second-order valence-electron chi connectivity index (χ2n) is 4.43. The lowest BCUT2D eigenvalue weighted by Crippen LogP contribution is -2.58. The molecular weight excluding hydrogens is 192 g/mol. The van der Waals surface area contributed by atoms with Gasteiger partial charge in [0.1, 0.15) is 0 Å². The van der Waals surface area contributed by atoms with Crippen molar-refractivity contribution in [2.45, 2.75) is 51.1 Å². The van der Waals surface area contributed by atoms with Gasteiger partial charge in [-0.05, 0) is 26.2 Å². The van der Waals surface area contributed by atoms with Crippen LogP contribution in [0.4, 0.5) is 0 Å². The molecule has 0 saturated carbocycles. The van der Waals surface area contributed by atoms with E-state index in [0.29, 0.717) is 26.1 Å². The molecule has 1 aliphatic heterocycles. The zero-order valence-corrected chi connectivity index (χ0v) is 9.71. The number of nitrogens with two attached hydrogens (primary N) is 1. The number of carbonyl (C=O) groups excluding carboxylic acids is 1. The molecule has 0 radical (unpaired) electrons. The summed E-state index contributed by atoms with van der Waals surface area (Å²) in [5.74, 6) is -0.0215. The predicted molar refractivity (Wildman–Crippen MR) is 59.5 cm³/mol. The molecule has 0 bridgehead atoms. The van der Waals surface area contributed by atoms with E-state index >= 15 is 0 Å². The van der Waals surface area contributed by atoms with Crippen LogP contribution in [0.25, 0.3) is 0 Å². The average Bonchev–Trinajstić information content (AvgIpc) is 2.19. The van der Waals surface area contributed by atoms with Gasteiger partial charge in [-0.1, -0.05) is 13.3 Å². The minimum absolute atomic E-state index is 0.0215. The largest absolute Gasteiger partial charge is 0.381 e. The summed E-state index contributed by atoms with van der Waals surface area (Å²) in [6.07, 6.45) is 3.32. The molecule has 0 aromatic heterocycles. The molecule has 4 heteroatoms. The first-order chi connectivity index (χ1) is 7.08. The quantitative estimate of drug-likeness (QED) is 0.727. The number of ether oxygens (including phenoxy) is 1. The lowest BCUT2D eigenvalue weighted by Gasteiger charge is -2.32. The summed E-state index contributed by atoms with van der Waals surface area (Å²) in [6.45, 7) is 5.30. The zero-order chi connectivity index (χ0) is 11.3. The molecule has 1 aliphatic rings. The Labute approximate surface area is 91.5 Å². The minimum Gasteiger partial charge on any atom is -0.381 e. The topological polar surface area (TPSA) is 64.4 Å². The fraction of sp³-hybridized carbons (Fsp3) is 0.909. The van der Waals surface area contributed by atoms with Crippen molar-refractivity contribution < 1.29 is 9.53 Å². The van der Waals surface area contributed by atoms with Gasteiger partial charge in [0.2, 0.25) is 5.91 Å². The maximum Gasteiger partial charge on any atom is 0.240 e. The molecule has 1 rings (SSSR count). The summed E-state index contributed by atoms with van der Waals surface area (Å²) in [4.78, 5) is 11.9. The Hall–Kier alpha value is -0.610. The van der Waals surface area contributed by atoms with E-state index < -0.39 is 5.54 Å². The zero-order valence-electron chi connectivity index (χ0n) is 9.71. The average molecular weight is 214 g/mol. The number of amides is 1. The summed E-state index contributed by atoms with van der Waals surface area (Å²) in [5, 5.41) is 2.97. The Balaban J connectivity index is 2.44. The molecular formula is C11H22N2O2. The van der Waals surface area contributed by atoms with Crippen molar-refractivity contribution in [3.8, 4) is 0 Å². The monoisotopic (exact) mass is 214 g/mol. The molecule has 0 aliphatic carbocycles. The van der Waals surface area contributed by atoms with E-state index in [2.05, 4.69) is 12.2 Å². The molecule has 88 valence electrons. The van der Waals surface area contributed by atoms with Gasteiger partial charge in [0.25, 0.3) is 0 Å².